The zero-order valence-corrected chi connectivity index (χ0v) is 28.7. The van der Waals surface area contributed by atoms with Gasteiger partial charge in [-0.2, -0.15) is 46.7 Å². The van der Waals surface area contributed by atoms with E-state index >= 15 is 0 Å². The molecule has 22 heteroatoms. The largest absolute Gasteiger partial charge is 0.368 e. The molecule has 8 N–H and O–H groups in total. The van der Waals surface area contributed by atoms with E-state index in [0.717, 1.165) is 12.1 Å². The summed E-state index contributed by atoms with van der Waals surface area (Å²) in [5.74, 6) is -0.547. The fraction of sp³-hybridized carbons (Fsp3) is 0. The Morgan fingerprint density at radius 2 is 1.00 bits per heavy atom. The Morgan fingerprint density at radius 1 is 0.643 bits per heavy atom. The Morgan fingerprint density at radius 3 is 1.31 bits per heavy atom. The van der Waals surface area contributed by atoms with Crippen molar-refractivity contribution in [2.45, 2.75) is 9.79 Å². The van der Waals surface area contributed by atoms with Gasteiger partial charge in [-0.1, -0.05) is 24.3 Å². The smallest absolute Gasteiger partial charge is 0.295 e. The van der Waals surface area contributed by atoms with E-state index in [4.69, 9.17) is 34.7 Å². The normalized spacial score (nSPS) is 11.4. The number of rotatable bonds is 8. The average molecular weight is 673 g/mol. The first kappa shape index (κ1) is 36.0. The van der Waals surface area contributed by atoms with Crippen LogP contribution in [0.5, 0.6) is 0 Å². The van der Waals surface area contributed by atoms with Crippen LogP contribution in [0.2, 0.25) is 10.6 Å². The summed E-state index contributed by atoms with van der Waals surface area (Å²) in [6, 6.07) is 7.61. The zero-order valence-electron chi connectivity index (χ0n) is 21.6. The third kappa shape index (κ3) is 9.66. The molecule has 0 unspecified atom stereocenters. The van der Waals surface area contributed by atoms with Gasteiger partial charge >= 0.3 is 0 Å². The second-order valence-electron chi connectivity index (χ2n) is 7.61. The van der Waals surface area contributed by atoms with Gasteiger partial charge in [-0.25, -0.2) is 0 Å². The summed E-state index contributed by atoms with van der Waals surface area (Å²) < 4.78 is 68.0. The molecule has 0 bridgehead atoms. The maximum Gasteiger partial charge on any atom is 0.295 e. The fourth-order valence-electron chi connectivity index (χ4n) is 3.23. The quantitative estimate of drug-likeness (QED) is 0.0886. The van der Waals surface area contributed by atoms with Gasteiger partial charge in [0.1, 0.15) is 9.79 Å². The van der Waals surface area contributed by atoms with E-state index in [1.54, 1.807) is 0 Å². The predicted octanol–water partition coefficient (Wildman–Crippen LogP) is 1.92. The van der Waals surface area contributed by atoms with Crippen LogP contribution >= 0.6 is 23.2 Å². The molecule has 0 spiro atoms. The molecule has 0 amide bonds. The van der Waals surface area contributed by atoms with E-state index in [0.29, 0.717) is 0 Å². The molecule has 4 rings (SSSR count). The molecule has 2 aromatic heterocycles. The molecule has 16 nitrogen and oxygen atoms in total. The monoisotopic (exact) mass is 672 g/mol. The fourth-order valence-corrected chi connectivity index (χ4v) is 4.98. The Kier molecular flexibility index (Phi) is 12.4. The van der Waals surface area contributed by atoms with Crippen LogP contribution in [-0.2, 0) is 20.2 Å². The standard InChI is InChI=1S/C20H16Cl2N10O6S2.2Na/c21-15-27-17(23)31-19(29-15)25-11-5-3-9(13(7-11)39(33,34)35)1-2-10-4-6-12(8-14(10)40(36,37)38)26-20-30-16(22)28-18(24)32-20;;/h1-8H,(H,33,34,35)(H,36,37,38)(H3,23,25,27,29,31)(H3,24,26,28,30,32);;. The number of benzene rings is 2. The minimum absolute atomic E-state index is 0. The first-order valence-electron chi connectivity index (χ1n) is 10.5. The van der Waals surface area contributed by atoms with Gasteiger partial charge in [-0.05, 0) is 58.6 Å². The first-order chi connectivity index (χ1) is 18.7. The van der Waals surface area contributed by atoms with Crippen LogP contribution in [0.3, 0.4) is 0 Å². The summed E-state index contributed by atoms with van der Waals surface area (Å²) in [6.45, 7) is 0. The summed E-state index contributed by atoms with van der Waals surface area (Å²) in [4.78, 5) is 21.4. The molecule has 0 aliphatic rings. The van der Waals surface area contributed by atoms with Crippen molar-refractivity contribution < 1.29 is 25.9 Å². The van der Waals surface area contributed by atoms with E-state index in [1.807, 2.05) is 0 Å². The van der Waals surface area contributed by atoms with Gasteiger partial charge in [0, 0.05) is 70.5 Å². The number of nitrogens with one attached hydrogen (secondary N) is 2. The van der Waals surface area contributed by atoms with Crippen LogP contribution in [-0.4, -0.2) is 115 Å². The SMILES string of the molecule is Nc1nc(Cl)nc(Nc2ccc(C=Cc3ccc(Nc4nc(N)nc(Cl)n4)cc3S(=O)(=O)O)c(S(=O)(=O)O)c2)n1.[Na].[Na]. The van der Waals surface area contributed by atoms with Gasteiger partial charge in [-0.15, -0.1) is 0 Å². The Bertz CT molecular complexity index is 1710. The van der Waals surface area contributed by atoms with E-state index in [1.165, 1.54) is 36.4 Å². The maximum absolute atomic E-state index is 12.1. The van der Waals surface area contributed by atoms with Crippen molar-refractivity contribution in [3.8, 4) is 0 Å². The summed E-state index contributed by atoms with van der Waals surface area (Å²) in [5.41, 5.74) is 11.3. The maximum atomic E-state index is 12.1. The molecule has 0 saturated carbocycles. The summed E-state index contributed by atoms with van der Waals surface area (Å²) in [7, 11) is -9.54. The van der Waals surface area contributed by atoms with Gasteiger partial charge in [-0.3, -0.25) is 9.11 Å². The number of nitrogens with zero attached hydrogens (tertiary/aromatic N) is 6. The molecule has 0 aliphatic carbocycles. The third-order valence-corrected chi connectivity index (χ3v) is 6.95. The molecule has 0 saturated heterocycles. The van der Waals surface area contributed by atoms with Crippen molar-refractivity contribution in [3.05, 3.63) is 58.1 Å². The molecular weight excluding hydrogens is 657 g/mol. The summed E-state index contributed by atoms with van der Waals surface area (Å²) in [5, 5.41) is 4.96. The molecule has 0 aliphatic heterocycles. The molecule has 4 aromatic rings. The first-order valence-corrected chi connectivity index (χ1v) is 14.1. The molecule has 2 radical (unpaired) electrons. The van der Waals surface area contributed by atoms with Crippen molar-refractivity contribution in [1.29, 1.82) is 0 Å². The Hall–Kier alpha value is -2.20. The second-order valence-corrected chi connectivity index (χ2v) is 11.1. The van der Waals surface area contributed by atoms with Gasteiger partial charge in [0.2, 0.25) is 34.4 Å². The van der Waals surface area contributed by atoms with Gasteiger partial charge in [0.25, 0.3) is 20.2 Å². The van der Waals surface area contributed by atoms with Gasteiger partial charge in [0.15, 0.2) is 0 Å². The van der Waals surface area contributed by atoms with E-state index < -0.39 is 30.0 Å². The Labute approximate surface area is 292 Å². The minimum Gasteiger partial charge on any atom is -0.368 e. The van der Waals surface area contributed by atoms with Gasteiger partial charge < -0.3 is 22.1 Å². The molecule has 0 atom stereocenters. The topological polar surface area (TPSA) is 262 Å². The molecule has 42 heavy (non-hydrogen) atoms. The number of nitrogens with two attached hydrogens (primary N) is 2. The van der Waals surface area contributed by atoms with Crippen LogP contribution in [0.25, 0.3) is 12.2 Å². The van der Waals surface area contributed by atoms with Crippen molar-refractivity contribution in [2.24, 2.45) is 0 Å². The van der Waals surface area contributed by atoms with E-state index in [-0.39, 0.29) is 116 Å². The second kappa shape index (κ2) is 14.5. The predicted molar refractivity (Wildman–Crippen MR) is 158 cm³/mol. The molecular formula is C20H16Cl2N10Na2O6S2. The number of aromatic nitrogens is 6. The van der Waals surface area contributed by atoms with Crippen molar-refractivity contribution in [1.82, 2.24) is 29.9 Å². The number of nitrogen functional groups attached to an aromatic ring is 2. The van der Waals surface area contributed by atoms with Crippen LogP contribution in [0.4, 0.5) is 35.2 Å². The van der Waals surface area contributed by atoms with E-state index in [9.17, 15) is 25.9 Å². The summed E-state index contributed by atoms with van der Waals surface area (Å²) in [6.07, 6.45) is 2.43. The average Bonchev–Trinajstić information content (AvgIpc) is 2.81. The van der Waals surface area contributed by atoms with Gasteiger partial charge in [0.05, 0.1) is 0 Å². The molecule has 0 fully saturated rings. The third-order valence-electron chi connectivity index (χ3n) is 4.79. The van der Waals surface area contributed by atoms with Crippen LogP contribution in [0.1, 0.15) is 11.1 Å². The molecule has 2 aromatic carbocycles. The Balaban J connectivity index is 0.00000308. The zero-order chi connectivity index (χ0) is 29.2. The van der Waals surface area contributed by atoms with Crippen molar-refractivity contribution in [3.63, 3.8) is 0 Å². The van der Waals surface area contributed by atoms with E-state index in [2.05, 4.69) is 40.5 Å². The number of halogens is 2. The number of hydrogen-bond donors (Lipinski definition) is 6. The number of hydrogen-bond acceptors (Lipinski definition) is 14. The van der Waals surface area contributed by atoms with Crippen molar-refractivity contribution >= 4 is 150 Å². The van der Waals surface area contributed by atoms with Crippen LogP contribution < -0.4 is 22.1 Å². The minimum atomic E-state index is -4.77. The molecule has 2 heterocycles. The van der Waals surface area contributed by atoms with Crippen LogP contribution in [0, 0.1) is 0 Å². The van der Waals surface area contributed by atoms with Crippen molar-refractivity contribution in [2.75, 3.05) is 22.1 Å². The van der Waals surface area contributed by atoms with Crippen LogP contribution in [0.15, 0.2) is 46.2 Å². The summed E-state index contributed by atoms with van der Waals surface area (Å²) >= 11 is 11.5. The number of anilines is 6. The molecule has 210 valence electrons.